The van der Waals surface area contributed by atoms with Gasteiger partial charge in [-0.15, -0.1) is 0 Å². The summed E-state index contributed by atoms with van der Waals surface area (Å²) in [6, 6.07) is 4.34. The molecule has 0 amide bonds. The fourth-order valence-corrected chi connectivity index (χ4v) is 2.72. The molecule has 1 unspecified atom stereocenters. The summed E-state index contributed by atoms with van der Waals surface area (Å²) in [7, 11) is 1.72. The van der Waals surface area contributed by atoms with Crippen LogP contribution in [0.3, 0.4) is 0 Å². The topological polar surface area (TPSA) is 37.4 Å². The zero-order valence-corrected chi connectivity index (χ0v) is 12.8. The second-order valence-corrected chi connectivity index (χ2v) is 5.56. The molecule has 1 fully saturated rings. The summed E-state index contributed by atoms with van der Waals surface area (Å²) >= 11 is 0. The van der Waals surface area contributed by atoms with Crippen LogP contribution in [0.5, 0.6) is 0 Å². The second-order valence-electron chi connectivity index (χ2n) is 5.56. The first-order valence-corrected chi connectivity index (χ1v) is 7.73. The molecule has 0 saturated carbocycles. The first-order chi connectivity index (χ1) is 9.83. The molecule has 0 bridgehead atoms. The van der Waals surface area contributed by atoms with E-state index in [1.54, 1.807) is 7.11 Å². The van der Waals surface area contributed by atoms with E-state index in [4.69, 9.17) is 4.74 Å². The van der Waals surface area contributed by atoms with Crippen molar-refractivity contribution in [2.75, 3.05) is 38.3 Å². The molecular formula is C16H27N3O. The lowest BCUT2D eigenvalue weighted by molar-refractivity contribution is 0.199. The van der Waals surface area contributed by atoms with E-state index >= 15 is 0 Å². The van der Waals surface area contributed by atoms with E-state index in [0.29, 0.717) is 0 Å². The molecule has 1 aliphatic heterocycles. The zero-order chi connectivity index (χ0) is 14.2. The van der Waals surface area contributed by atoms with Crippen molar-refractivity contribution in [3.63, 3.8) is 0 Å². The minimum absolute atomic E-state index is 0.748. The minimum atomic E-state index is 0.748. The number of methoxy groups -OCH3 is 1. The second kappa shape index (κ2) is 8.22. The predicted molar refractivity (Wildman–Crippen MR) is 83.0 cm³/mol. The molecule has 0 spiro atoms. The molecule has 1 N–H and O–H groups in total. The first-order valence-electron chi connectivity index (χ1n) is 7.73. The lowest BCUT2D eigenvalue weighted by Gasteiger charge is -2.33. The molecule has 4 nitrogen and oxygen atoms in total. The van der Waals surface area contributed by atoms with Gasteiger partial charge >= 0.3 is 0 Å². The van der Waals surface area contributed by atoms with E-state index in [2.05, 4.69) is 34.3 Å². The van der Waals surface area contributed by atoms with Crippen molar-refractivity contribution in [3.05, 3.63) is 23.9 Å². The van der Waals surface area contributed by atoms with Gasteiger partial charge in [-0.25, -0.2) is 4.98 Å². The van der Waals surface area contributed by atoms with Gasteiger partial charge in [0.05, 0.1) is 6.61 Å². The number of hydrogen-bond acceptors (Lipinski definition) is 4. The molecule has 2 rings (SSSR count). The van der Waals surface area contributed by atoms with Crippen LogP contribution < -0.4 is 10.2 Å². The maximum absolute atomic E-state index is 5.01. The van der Waals surface area contributed by atoms with Crippen LogP contribution in [0.25, 0.3) is 0 Å². The lowest BCUT2D eigenvalue weighted by atomic mass is 9.96. The third kappa shape index (κ3) is 4.46. The summed E-state index contributed by atoms with van der Waals surface area (Å²) in [5.41, 5.74) is 1.23. The van der Waals surface area contributed by atoms with Gasteiger partial charge in [-0.05, 0) is 30.4 Å². The Morgan fingerprint density at radius 3 is 3.05 bits per heavy atom. The van der Waals surface area contributed by atoms with E-state index in [9.17, 15) is 0 Å². The highest BCUT2D eigenvalue weighted by Gasteiger charge is 2.19. The van der Waals surface area contributed by atoms with Crippen LogP contribution in [0, 0.1) is 5.92 Å². The predicted octanol–water partition coefficient (Wildman–Crippen LogP) is 2.44. The molecule has 20 heavy (non-hydrogen) atoms. The Morgan fingerprint density at radius 2 is 2.35 bits per heavy atom. The molecule has 112 valence electrons. The van der Waals surface area contributed by atoms with Crippen molar-refractivity contribution in [2.45, 2.75) is 32.7 Å². The molecule has 0 aromatic carbocycles. The van der Waals surface area contributed by atoms with E-state index in [-0.39, 0.29) is 0 Å². The fraction of sp³-hybridized carbons (Fsp3) is 0.688. The summed E-state index contributed by atoms with van der Waals surface area (Å²) in [4.78, 5) is 7.06. The zero-order valence-electron chi connectivity index (χ0n) is 12.8. The average molecular weight is 277 g/mol. The molecule has 0 aliphatic carbocycles. The normalized spacial score (nSPS) is 19.3. The third-order valence-electron chi connectivity index (χ3n) is 4.04. The standard InChI is InChI=1S/C16H27N3O/c1-3-14-5-4-9-19(13-14)16-7-6-15(12-18-16)11-17-8-10-20-2/h6-7,12,14,17H,3-5,8-11,13H2,1-2H3. The Bertz CT molecular complexity index is 380. The Kier molecular flexibility index (Phi) is 6.27. The van der Waals surface area contributed by atoms with Crippen LogP contribution in [0.15, 0.2) is 18.3 Å². The van der Waals surface area contributed by atoms with Crippen molar-refractivity contribution >= 4 is 5.82 Å². The van der Waals surface area contributed by atoms with Gasteiger partial charge in [0, 0.05) is 39.5 Å². The van der Waals surface area contributed by atoms with Crippen LogP contribution in [-0.2, 0) is 11.3 Å². The Hall–Kier alpha value is -1.13. The van der Waals surface area contributed by atoms with Gasteiger partial charge in [-0.2, -0.15) is 0 Å². The number of anilines is 1. The first kappa shape index (κ1) is 15.3. The van der Waals surface area contributed by atoms with E-state index in [1.165, 1.54) is 24.8 Å². The van der Waals surface area contributed by atoms with Crippen LogP contribution >= 0.6 is 0 Å². The van der Waals surface area contributed by atoms with Gasteiger partial charge in [0.1, 0.15) is 5.82 Å². The largest absolute Gasteiger partial charge is 0.383 e. The molecule has 2 heterocycles. The van der Waals surface area contributed by atoms with E-state index in [1.807, 2.05) is 6.20 Å². The Morgan fingerprint density at radius 1 is 1.45 bits per heavy atom. The highest BCUT2D eigenvalue weighted by Crippen LogP contribution is 2.23. The van der Waals surface area contributed by atoms with Crippen molar-refractivity contribution in [1.29, 1.82) is 0 Å². The van der Waals surface area contributed by atoms with Gasteiger partial charge < -0.3 is 15.0 Å². The number of hydrogen-bond donors (Lipinski definition) is 1. The van der Waals surface area contributed by atoms with Crippen molar-refractivity contribution in [2.24, 2.45) is 5.92 Å². The summed E-state index contributed by atoms with van der Waals surface area (Å²) in [6.07, 6.45) is 5.93. The molecule has 0 radical (unpaired) electrons. The van der Waals surface area contributed by atoms with E-state index in [0.717, 1.165) is 44.5 Å². The van der Waals surface area contributed by atoms with Crippen LogP contribution in [-0.4, -0.2) is 38.3 Å². The van der Waals surface area contributed by atoms with Crippen molar-refractivity contribution in [3.8, 4) is 0 Å². The van der Waals surface area contributed by atoms with Crippen LogP contribution in [0.4, 0.5) is 5.82 Å². The summed E-state index contributed by atoms with van der Waals surface area (Å²) in [5, 5.41) is 3.34. The number of aromatic nitrogens is 1. The number of ether oxygens (including phenoxy) is 1. The molecule has 1 aromatic heterocycles. The third-order valence-corrected chi connectivity index (χ3v) is 4.04. The number of piperidine rings is 1. The Balaban J connectivity index is 1.84. The Labute approximate surface area is 122 Å². The number of nitrogens with one attached hydrogen (secondary N) is 1. The molecular weight excluding hydrogens is 250 g/mol. The SMILES string of the molecule is CCC1CCCN(c2ccc(CNCCOC)cn2)C1. The van der Waals surface area contributed by atoms with Crippen molar-refractivity contribution < 1.29 is 4.74 Å². The maximum atomic E-state index is 5.01. The monoisotopic (exact) mass is 277 g/mol. The summed E-state index contributed by atoms with van der Waals surface area (Å²) in [6.45, 7) is 7.08. The van der Waals surface area contributed by atoms with E-state index < -0.39 is 0 Å². The van der Waals surface area contributed by atoms with Gasteiger partial charge in [0.2, 0.25) is 0 Å². The minimum Gasteiger partial charge on any atom is -0.383 e. The van der Waals surface area contributed by atoms with Crippen LogP contribution in [0.1, 0.15) is 31.7 Å². The highest BCUT2D eigenvalue weighted by molar-refractivity contribution is 5.39. The molecule has 1 aliphatic rings. The number of rotatable bonds is 7. The fourth-order valence-electron chi connectivity index (χ4n) is 2.72. The molecule has 4 heteroatoms. The molecule has 1 aromatic rings. The number of nitrogens with zero attached hydrogens (tertiary/aromatic N) is 2. The quantitative estimate of drug-likeness (QED) is 0.777. The summed E-state index contributed by atoms with van der Waals surface area (Å²) < 4.78 is 5.01. The smallest absolute Gasteiger partial charge is 0.128 e. The number of pyridine rings is 1. The lowest BCUT2D eigenvalue weighted by Crippen LogP contribution is -2.35. The summed E-state index contributed by atoms with van der Waals surface area (Å²) in [5.74, 6) is 1.96. The average Bonchev–Trinajstić information content (AvgIpc) is 2.52. The van der Waals surface area contributed by atoms with Crippen LogP contribution in [0.2, 0.25) is 0 Å². The molecule has 1 atom stereocenters. The maximum Gasteiger partial charge on any atom is 0.128 e. The molecule has 1 saturated heterocycles. The van der Waals surface area contributed by atoms with Gasteiger partial charge in [0.15, 0.2) is 0 Å². The van der Waals surface area contributed by atoms with Gasteiger partial charge in [0.25, 0.3) is 0 Å². The van der Waals surface area contributed by atoms with Gasteiger partial charge in [-0.1, -0.05) is 19.4 Å². The van der Waals surface area contributed by atoms with Crippen molar-refractivity contribution in [1.82, 2.24) is 10.3 Å². The highest BCUT2D eigenvalue weighted by atomic mass is 16.5. The van der Waals surface area contributed by atoms with Gasteiger partial charge in [-0.3, -0.25) is 0 Å².